The van der Waals surface area contributed by atoms with Gasteiger partial charge in [0, 0.05) is 15.8 Å². The first kappa shape index (κ1) is 21.1. The van der Waals surface area contributed by atoms with Crippen molar-refractivity contribution in [2.45, 2.75) is 17.2 Å². The zero-order valence-electron chi connectivity index (χ0n) is 15.7. The molecule has 0 unspecified atom stereocenters. The molecule has 31 heavy (non-hydrogen) atoms. The summed E-state index contributed by atoms with van der Waals surface area (Å²) in [6, 6.07) is 11.9. The molecule has 1 amide bonds. The standard InChI is InChI=1S/C21H14F3N3O2S2/c22-13-7-5-12(6-8-13)14-10-30-19-18(14)20(29)27(11-25-19)9-17(28)26-15-3-1-2-4-16(15)31-21(23)24/h1-8,10-11,21H,9H2,(H,26,28). The minimum atomic E-state index is -2.63. The van der Waals surface area contributed by atoms with Crippen molar-refractivity contribution in [1.82, 2.24) is 9.55 Å². The summed E-state index contributed by atoms with van der Waals surface area (Å²) in [5, 5.41) is 4.66. The van der Waals surface area contributed by atoms with Crippen LogP contribution in [0, 0.1) is 5.82 Å². The molecule has 0 saturated heterocycles. The van der Waals surface area contributed by atoms with Crippen LogP contribution in [0.4, 0.5) is 18.9 Å². The molecular formula is C21H14F3N3O2S2. The Kier molecular flexibility index (Phi) is 6.10. The van der Waals surface area contributed by atoms with E-state index in [4.69, 9.17) is 0 Å². The van der Waals surface area contributed by atoms with Crippen LogP contribution in [0.15, 0.2) is 69.9 Å². The molecule has 0 aliphatic heterocycles. The SMILES string of the molecule is O=C(Cn1cnc2scc(-c3ccc(F)cc3)c2c1=O)Nc1ccccc1SC(F)F. The van der Waals surface area contributed by atoms with Gasteiger partial charge in [0.2, 0.25) is 5.91 Å². The van der Waals surface area contributed by atoms with Crippen molar-refractivity contribution in [3.63, 3.8) is 0 Å². The Hall–Kier alpha value is -3.11. The number of hydrogen-bond donors (Lipinski definition) is 1. The molecule has 0 fully saturated rings. The molecule has 10 heteroatoms. The third kappa shape index (κ3) is 4.64. The van der Waals surface area contributed by atoms with Gasteiger partial charge in [-0.05, 0) is 29.8 Å². The van der Waals surface area contributed by atoms with Gasteiger partial charge in [-0.15, -0.1) is 11.3 Å². The van der Waals surface area contributed by atoms with Crippen molar-refractivity contribution in [3.8, 4) is 11.1 Å². The summed E-state index contributed by atoms with van der Waals surface area (Å²) in [4.78, 5) is 30.5. The quantitative estimate of drug-likeness (QED) is 0.400. The van der Waals surface area contributed by atoms with E-state index in [1.165, 1.54) is 41.9 Å². The molecule has 158 valence electrons. The number of fused-ring (bicyclic) bond motifs is 1. The van der Waals surface area contributed by atoms with Gasteiger partial charge < -0.3 is 5.32 Å². The van der Waals surface area contributed by atoms with Gasteiger partial charge in [-0.2, -0.15) is 8.78 Å². The smallest absolute Gasteiger partial charge is 0.288 e. The van der Waals surface area contributed by atoms with E-state index >= 15 is 0 Å². The summed E-state index contributed by atoms with van der Waals surface area (Å²) in [5.74, 6) is -3.57. The van der Waals surface area contributed by atoms with Crippen molar-refractivity contribution in [3.05, 3.63) is 76.4 Å². The lowest BCUT2D eigenvalue weighted by Gasteiger charge is -2.11. The van der Waals surface area contributed by atoms with Crippen molar-refractivity contribution in [2.75, 3.05) is 5.32 Å². The molecule has 5 nitrogen and oxygen atoms in total. The minimum absolute atomic E-state index is 0.225. The first-order valence-corrected chi connectivity index (χ1v) is 10.7. The molecule has 0 atom stereocenters. The molecule has 0 aliphatic rings. The first-order valence-electron chi connectivity index (χ1n) is 8.98. The number of hydrogen-bond acceptors (Lipinski definition) is 5. The Labute approximate surface area is 182 Å². The van der Waals surface area contributed by atoms with Gasteiger partial charge in [-0.25, -0.2) is 9.37 Å². The lowest BCUT2D eigenvalue weighted by molar-refractivity contribution is -0.116. The number of nitrogens with zero attached hydrogens (tertiary/aromatic N) is 2. The third-order valence-corrected chi connectivity index (χ3v) is 6.08. The summed E-state index contributed by atoms with van der Waals surface area (Å²) in [6.45, 7) is -0.339. The van der Waals surface area contributed by atoms with Crippen LogP contribution >= 0.6 is 23.1 Å². The van der Waals surface area contributed by atoms with Crippen LogP contribution in [-0.4, -0.2) is 21.2 Å². The average molecular weight is 461 g/mol. The van der Waals surface area contributed by atoms with E-state index in [0.29, 0.717) is 33.1 Å². The number of thiophene rings is 1. The summed E-state index contributed by atoms with van der Waals surface area (Å²) < 4.78 is 39.9. The predicted octanol–water partition coefficient (Wildman–Crippen LogP) is 5.22. The highest BCUT2D eigenvalue weighted by Gasteiger charge is 2.16. The molecule has 0 aliphatic carbocycles. The van der Waals surface area contributed by atoms with Gasteiger partial charge in [-0.1, -0.05) is 36.0 Å². The summed E-state index contributed by atoms with van der Waals surface area (Å²) in [6.07, 6.45) is 1.27. The van der Waals surface area contributed by atoms with Crippen LogP contribution in [0.1, 0.15) is 0 Å². The molecule has 4 rings (SSSR count). The lowest BCUT2D eigenvalue weighted by Crippen LogP contribution is -2.28. The van der Waals surface area contributed by atoms with Crippen LogP contribution in [0.5, 0.6) is 0 Å². The second-order valence-electron chi connectivity index (χ2n) is 6.44. The fourth-order valence-electron chi connectivity index (χ4n) is 3.04. The zero-order chi connectivity index (χ0) is 22.0. The number of amides is 1. The lowest BCUT2D eigenvalue weighted by atomic mass is 10.1. The normalized spacial score (nSPS) is 11.2. The highest BCUT2D eigenvalue weighted by Crippen LogP contribution is 2.32. The van der Waals surface area contributed by atoms with Gasteiger partial charge in [0.05, 0.1) is 17.4 Å². The molecule has 0 spiro atoms. The number of carbonyl (C=O) groups is 1. The number of rotatable bonds is 6. The molecule has 2 aromatic carbocycles. The molecule has 0 radical (unpaired) electrons. The second-order valence-corrected chi connectivity index (χ2v) is 8.33. The number of carbonyl (C=O) groups excluding carboxylic acids is 1. The Morgan fingerprint density at radius 2 is 1.90 bits per heavy atom. The minimum Gasteiger partial charge on any atom is -0.324 e. The Bertz CT molecular complexity index is 1300. The number of benzene rings is 2. The number of thioether (sulfide) groups is 1. The van der Waals surface area contributed by atoms with E-state index in [0.717, 1.165) is 4.57 Å². The van der Waals surface area contributed by atoms with E-state index in [-0.39, 0.29) is 22.9 Å². The number of alkyl halides is 2. The van der Waals surface area contributed by atoms with E-state index < -0.39 is 17.2 Å². The summed E-state index contributed by atoms with van der Waals surface area (Å²) in [5.41, 5.74) is 1.08. The monoisotopic (exact) mass is 461 g/mol. The van der Waals surface area contributed by atoms with E-state index in [1.807, 2.05) is 0 Å². The van der Waals surface area contributed by atoms with Gasteiger partial charge in [0.1, 0.15) is 17.2 Å². The van der Waals surface area contributed by atoms with Gasteiger partial charge in [-0.3, -0.25) is 14.2 Å². The van der Waals surface area contributed by atoms with Crippen molar-refractivity contribution < 1.29 is 18.0 Å². The number of nitrogens with one attached hydrogen (secondary N) is 1. The molecule has 2 heterocycles. The van der Waals surface area contributed by atoms with Gasteiger partial charge in [0.25, 0.3) is 11.3 Å². The molecule has 2 aromatic heterocycles. The van der Waals surface area contributed by atoms with E-state index in [9.17, 15) is 22.8 Å². The van der Waals surface area contributed by atoms with Gasteiger partial charge in [0.15, 0.2) is 0 Å². The highest BCUT2D eigenvalue weighted by molar-refractivity contribution is 7.99. The van der Waals surface area contributed by atoms with Crippen LogP contribution in [0.3, 0.4) is 0 Å². The maximum absolute atomic E-state index is 13.2. The number of para-hydroxylation sites is 1. The summed E-state index contributed by atoms with van der Waals surface area (Å²) in [7, 11) is 0. The van der Waals surface area contributed by atoms with Crippen molar-refractivity contribution in [2.24, 2.45) is 0 Å². The maximum Gasteiger partial charge on any atom is 0.288 e. The Morgan fingerprint density at radius 1 is 1.16 bits per heavy atom. The van der Waals surface area contributed by atoms with Crippen LogP contribution in [-0.2, 0) is 11.3 Å². The summed E-state index contributed by atoms with van der Waals surface area (Å²) >= 11 is 1.60. The molecule has 0 bridgehead atoms. The maximum atomic E-state index is 13.2. The van der Waals surface area contributed by atoms with Crippen molar-refractivity contribution >= 4 is 44.9 Å². The van der Waals surface area contributed by atoms with Crippen molar-refractivity contribution in [1.29, 1.82) is 0 Å². The predicted molar refractivity (Wildman–Crippen MR) is 116 cm³/mol. The highest BCUT2D eigenvalue weighted by atomic mass is 32.2. The third-order valence-electron chi connectivity index (χ3n) is 4.41. The molecule has 1 N–H and O–H groups in total. The Morgan fingerprint density at radius 3 is 2.65 bits per heavy atom. The van der Waals surface area contributed by atoms with E-state index in [2.05, 4.69) is 10.3 Å². The second kappa shape index (κ2) is 8.94. The first-order chi connectivity index (χ1) is 14.9. The molecular weight excluding hydrogens is 447 g/mol. The topological polar surface area (TPSA) is 64.0 Å². The number of aromatic nitrogens is 2. The van der Waals surface area contributed by atoms with Crippen LogP contribution in [0.2, 0.25) is 0 Å². The van der Waals surface area contributed by atoms with Crippen LogP contribution < -0.4 is 10.9 Å². The molecule has 0 saturated carbocycles. The Balaban J connectivity index is 1.62. The number of halogens is 3. The van der Waals surface area contributed by atoms with Crippen LogP contribution in [0.25, 0.3) is 21.3 Å². The largest absolute Gasteiger partial charge is 0.324 e. The van der Waals surface area contributed by atoms with E-state index in [1.54, 1.807) is 29.6 Å². The fraction of sp³-hybridized carbons (Fsp3) is 0.0952. The number of anilines is 1. The zero-order valence-corrected chi connectivity index (χ0v) is 17.4. The fourth-order valence-corrected chi connectivity index (χ4v) is 4.54. The molecule has 4 aromatic rings. The van der Waals surface area contributed by atoms with Gasteiger partial charge >= 0.3 is 0 Å². The average Bonchev–Trinajstić information content (AvgIpc) is 3.17.